The second kappa shape index (κ2) is 26.4. The van der Waals surface area contributed by atoms with Crippen LogP contribution in [0.25, 0.3) is 102 Å². The average molecular weight is 1390 g/mol. The number of nitrogens with one attached hydrogen (secondary N) is 4. The van der Waals surface area contributed by atoms with Crippen molar-refractivity contribution in [2.45, 2.75) is 32.1 Å². The van der Waals surface area contributed by atoms with Gasteiger partial charge < -0.3 is 97.3 Å². The van der Waals surface area contributed by atoms with Gasteiger partial charge in [0.15, 0.2) is 37.2 Å². The van der Waals surface area contributed by atoms with E-state index in [1.165, 1.54) is 0 Å². The van der Waals surface area contributed by atoms with Crippen molar-refractivity contribution in [3.63, 3.8) is 0 Å². The van der Waals surface area contributed by atoms with Crippen LogP contribution in [0.4, 0.5) is 5.69 Å². The van der Waals surface area contributed by atoms with E-state index < -0.39 is 0 Å². The van der Waals surface area contributed by atoms with Gasteiger partial charge in [-0.05, 0) is 133 Å². The molecule has 7 aromatic heterocycles. The first-order valence-corrected chi connectivity index (χ1v) is 25.9. The van der Waals surface area contributed by atoms with Crippen LogP contribution < -0.4 is 101 Å². The number of unbranched alkanes of at least 4 members (excludes halogenated alkanes) is 2. The van der Waals surface area contributed by atoms with Gasteiger partial charge >= 0.3 is 0 Å². The standard InChI is InChI=1S/C62H56ClN10O2.3HI/c1-71-33-24-42(25-34-71)60-51-17-15-49(67-51)59(41-9-12-46(13-10-41)75-39-7-4-8-58(74)66-31-6-5-30-64-48-23-32-65-57-40-45(63)11-14-47(48)57)50-16-18-52(68-50)61(43-26-35-72(2)36-27-43)54-20-22-56(70-54)62(55-21-19-53(60)69-55)44-28-37-73(3)38-29-44;;;/h9-29,32-38,40H,4-8,30-31,39H2,1-3H3,(H2-,64,65,66,67,68,69,70,74);3*1H/q+1;;;/p-1. The molecule has 9 aromatic rings. The normalized spacial score (nSPS) is 11.4. The predicted molar refractivity (Wildman–Crippen MR) is 301 cm³/mol. The van der Waals surface area contributed by atoms with Crippen LogP contribution in [0.1, 0.15) is 54.9 Å². The highest BCUT2D eigenvalue weighted by Gasteiger charge is 2.20. The fourth-order valence-electron chi connectivity index (χ4n) is 9.78. The lowest BCUT2D eigenvalue weighted by atomic mass is 10.0. The van der Waals surface area contributed by atoms with Crippen LogP contribution in [0, 0.1) is 0 Å². The lowest BCUT2D eigenvalue weighted by molar-refractivity contribution is -0.671. The average Bonchev–Trinajstić information content (AvgIpc) is 4.31. The molecule has 0 unspecified atom stereocenters. The Kier molecular flexibility index (Phi) is 19.5. The zero-order valence-corrected chi connectivity index (χ0v) is 50.6. The minimum Gasteiger partial charge on any atom is -1.00 e. The first kappa shape index (κ1) is 57.6. The van der Waals surface area contributed by atoms with Gasteiger partial charge in [0.25, 0.3) is 0 Å². The maximum Gasteiger partial charge on any atom is 0.219 e. The number of carbonyl (C=O) groups is 1. The quantitative estimate of drug-likeness (QED) is 0.0670. The molecule has 2 aromatic carbocycles. The number of anilines is 1. The SMILES string of the molecule is C[n+]1ccc(-c2c3nc(c(-c4cc[n+](C)cc4)c4ccc([nH]4)c(-c4cc[n+](C)cc4)c4nc(c(-c5ccc(OCCCCC(=O)NCCCCNc6ccnc7cc(Cl)ccc67)cc5)c5ccc2[nH]5)C=C4)C=C3)cc1.[I-].[I-].[I-]. The number of ether oxygens (including phenoxy) is 1. The van der Waals surface area contributed by atoms with Crippen LogP contribution in [0.2, 0.25) is 5.02 Å². The molecule has 396 valence electrons. The molecule has 0 aliphatic carbocycles. The summed E-state index contributed by atoms with van der Waals surface area (Å²) in [6, 6.07) is 37.4. The van der Waals surface area contributed by atoms with Gasteiger partial charge in [-0.3, -0.25) is 9.78 Å². The second-order valence-corrected chi connectivity index (χ2v) is 19.5. The second-order valence-electron chi connectivity index (χ2n) is 19.1. The Hall–Kier alpha value is -6.55. The van der Waals surface area contributed by atoms with Crippen LogP contribution in [0.3, 0.4) is 0 Å². The van der Waals surface area contributed by atoms with E-state index in [4.69, 9.17) is 26.3 Å². The van der Waals surface area contributed by atoms with Gasteiger partial charge in [-0.25, -0.2) is 23.7 Å². The number of fused-ring (bicyclic) bond motifs is 9. The van der Waals surface area contributed by atoms with E-state index in [0.29, 0.717) is 24.6 Å². The van der Waals surface area contributed by atoms with E-state index in [1.807, 2.05) is 71.2 Å². The molecule has 78 heavy (non-hydrogen) atoms. The van der Waals surface area contributed by atoms with Crippen molar-refractivity contribution in [2.75, 3.05) is 25.0 Å². The smallest absolute Gasteiger partial charge is 0.219 e. The number of aryl methyl sites for hydroxylation is 3. The summed E-state index contributed by atoms with van der Waals surface area (Å²) in [6.45, 7) is 1.95. The van der Waals surface area contributed by atoms with Gasteiger partial charge in [-0.15, -0.1) is 0 Å². The molecule has 8 bridgehead atoms. The van der Waals surface area contributed by atoms with E-state index in [0.717, 1.165) is 144 Å². The molecule has 0 radical (unpaired) electrons. The van der Waals surface area contributed by atoms with Crippen LogP contribution in [-0.2, 0) is 25.9 Å². The molecule has 11 rings (SSSR count). The number of halogens is 4. The summed E-state index contributed by atoms with van der Waals surface area (Å²) in [5.74, 6) is 0.829. The number of carbonyl (C=O) groups excluding carboxylic acids is 1. The fraction of sp³-hybridized carbons (Fsp3) is 0.177. The van der Waals surface area contributed by atoms with Gasteiger partial charge in [0.05, 0.1) is 34.9 Å². The molecule has 0 saturated carbocycles. The highest BCUT2D eigenvalue weighted by Crippen LogP contribution is 2.38. The maximum absolute atomic E-state index is 12.7. The predicted octanol–water partition coefficient (Wildman–Crippen LogP) is 2.57. The van der Waals surface area contributed by atoms with E-state index in [1.54, 1.807) is 6.20 Å². The molecule has 0 saturated heterocycles. The zero-order chi connectivity index (χ0) is 51.3. The highest BCUT2D eigenvalue weighted by molar-refractivity contribution is 6.31. The van der Waals surface area contributed by atoms with Crippen LogP contribution in [0.15, 0.2) is 153 Å². The topological polar surface area (TPSA) is 132 Å². The van der Waals surface area contributed by atoms with Crippen molar-refractivity contribution in [2.24, 2.45) is 21.1 Å². The zero-order valence-electron chi connectivity index (χ0n) is 43.4. The van der Waals surface area contributed by atoms with Gasteiger partial charge in [0.2, 0.25) is 5.91 Å². The summed E-state index contributed by atoms with van der Waals surface area (Å²) >= 11 is 6.15. The Morgan fingerprint density at radius 1 is 0.538 bits per heavy atom. The maximum atomic E-state index is 12.7. The molecule has 0 atom stereocenters. The number of benzene rings is 2. The summed E-state index contributed by atoms with van der Waals surface area (Å²) in [5.41, 5.74) is 17.1. The van der Waals surface area contributed by atoms with Crippen molar-refractivity contribution in [1.82, 2.24) is 30.2 Å². The number of rotatable bonds is 16. The minimum atomic E-state index is 0. The highest BCUT2D eigenvalue weighted by atomic mass is 127. The molecule has 0 spiro atoms. The number of amides is 1. The lowest BCUT2D eigenvalue weighted by Crippen LogP contribution is -3.00. The van der Waals surface area contributed by atoms with Gasteiger partial charge in [-0.2, -0.15) is 0 Å². The molecule has 1 amide bonds. The third kappa shape index (κ3) is 13.1. The number of aromatic amines is 2. The van der Waals surface area contributed by atoms with Gasteiger partial charge in [0, 0.05) is 123 Å². The molecular formula is C62H58ClI3N10O2. The number of hydrogen-bond donors (Lipinski definition) is 4. The van der Waals surface area contributed by atoms with E-state index in [9.17, 15) is 4.79 Å². The Bertz CT molecular complexity index is 3780. The molecular weight excluding hydrogens is 1330 g/mol. The number of H-pyrrole nitrogens is 2. The third-order valence-electron chi connectivity index (χ3n) is 13.7. The van der Waals surface area contributed by atoms with E-state index in [2.05, 4.69) is 160 Å². The summed E-state index contributed by atoms with van der Waals surface area (Å²) in [5, 5.41) is 8.29. The van der Waals surface area contributed by atoms with Crippen LogP contribution >= 0.6 is 11.6 Å². The number of aromatic nitrogens is 8. The largest absolute Gasteiger partial charge is 1.00 e. The molecule has 12 nitrogen and oxygen atoms in total. The van der Waals surface area contributed by atoms with E-state index in [-0.39, 0.29) is 77.8 Å². The first-order valence-electron chi connectivity index (χ1n) is 25.5. The number of nitrogens with zero attached hydrogens (tertiary/aromatic N) is 6. The molecule has 16 heteroatoms. The Balaban J connectivity index is 0.00000268. The van der Waals surface area contributed by atoms with Crippen molar-refractivity contribution in [3.05, 3.63) is 180 Å². The Morgan fingerprint density at radius 3 is 1.46 bits per heavy atom. The minimum absolute atomic E-state index is 0. The van der Waals surface area contributed by atoms with Gasteiger partial charge in [0.1, 0.15) is 26.9 Å². The summed E-state index contributed by atoms with van der Waals surface area (Å²) in [6.07, 6.45) is 26.5. The third-order valence-corrected chi connectivity index (χ3v) is 13.9. The number of hydrogen-bond acceptors (Lipinski definition) is 6. The van der Waals surface area contributed by atoms with Gasteiger partial charge in [-0.1, -0.05) is 23.7 Å². The summed E-state index contributed by atoms with van der Waals surface area (Å²) < 4.78 is 12.4. The van der Waals surface area contributed by atoms with Crippen molar-refractivity contribution >= 4 is 80.5 Å². The monoisotopic (exact) mass is 1390 g/mol. The molecule has 4 N–H and O–H groups in total. The van der Waals surface area contributed by atoms with Crippen molar-refractivity contribution < 1.29 is 95.2 Å². The molecule has 2 aliphatic rings. The summed E-state index contributed by atoms with van der Waals surface area (Å²) in [4.78, 5) is 35.7. The first-order chi connectivity index (χ1) is 36.7. The van der Waals surface area contributed by atoms with E-state index >= 15 is 0 Å². The molecule has 9 heterocycles. The fourth-order valence-corrected chi connectivity index (χ4v) is 9.95. The van der Waals surface area contributed by atoms with Crippen LogP contribution in [-0.4, -0.2) is 50.5 Å². The Labute approximate surface area is 510 Å². The number of pyridine rings is 4. The Morgan fingerprint density at radius 2 is 0.987 bits per heavy atom. The lowest BCUT2D eigenvalue weighted by Gasteiger charge is -2.10. The van der Waals surface area contributed by atoms with Crippen LogP contribution in [0.5, 0.6) is 5.75 Å². The molecule has 2 aliphatic heterocycles. The van der Waals surface area contributed by atoms with Crippen molar-refractivity contribution in [1.29, 1.82) is 0 Å². The summed E-state index contributed by atoms with van der Waals surface area (Å²) in [7, 11) is 6.08. The molecule has 0 fully saturated rings. The van der Waals surface area contributed by atoms with Crippen molar-refractivity contribution in [3.8, 4) is 50.3 Å².